The molecule has 2 aromatic rings. The van der Waals surface area contributed by atoms with Crippen molar-refractivity contribution in [3.05, 3.63) is 54.4 Å². The number of nitrogens with two attached hydrogens (primary N) is 1. The molecule has 0 saturated carbocycles. The predicted molar refractivity (Wildman–Crippen MR) is 72.4 cm³/mol. The molecule has 1 aromatic carbocycles. The minimum Gasteiger partial charge on any atom is -0.398 e. The summed E-state index contributed by atoms with van der Waals surface area (Å²) in [4.78, 5) is 18.0. The fourth-order valence-electron chi connectivity index (χ4n) is 1.80. The fraction of sp³-hybridized carbons (Fsp3) is 0.143. The predicted octanol–water partition coefficient (Wildman–Crippen LogP) is 2.33. The number of aromatic nitrogens is 1. The standard InChI is InChI=1S/C14H15N3O/c1-2-17(11-7-9-16-10-8-11)14(18)12-5-3-4-6-13(12)15/h3-10H,2,15H2,1H3. The van der Waals surface area contributed by atoms with E-state index in [2.05, 4.69) is 4.98 Å². The number of carbonyl (C=O) groups excluding carboxylic acids is 1. The quantitative estimate of drug-likeness (QED) is 0.839. The molecule has 0 unspecified atom stereocenters. The first-order valence-corrected chi connectivity index (χ1v) is 5.80. The minimum absolute atomic E-state index is 0.0956. The van der Waals surface area contributed by atoms with Crippen LogP contribution in [0.3, 0.4) is 0 Å². The summed E-state index contributed by atoms with van der Waals surface area (Å²) in [5, 5.41) is 0. The number of hydrogen-bond acceptors (Lipinski definition) is 3. The molecular formula is C14H15N3O. The third kappa shape index (κ3) is 2.32. The van der Waals surface area contributed by atoms with Crippen LogP contribution in [0, 0.1) is 0 Å². The zero-order valence-electron chi connectivity index (χ0n) is 10.2. The lowest BCUT2D eigenvalue weighted by Gasteiger charge is -2.21. The number of para-hydroxylation sites is 1. The van der Waals surface area contributed by atoms with Gasteiger partial charge in [-0.3, -0.25) is 9.78 Å². The highest BCUT2D eigenvalue weighted by Crippen LogP contribution is 2.19. The van der Waals surface area contributed by atoms with E-state index in [4.69, 9.17) is 5.73 Å². The maximum absolute atomic E-state index is 12.4. The Hall–Kier alpha value is -2.36. The number of amides is 1. The van der Waals surface area contributed by atoms with Gasteiger partial charge in [0, 0.05) is 30.3 Å². The summed E-state index contributed by atoms with van der Waals surface area (Å²) in [6, 6.07) is 10.7. The maximum atomic E-state index is 12.4. The van der Waals surface area contributed by atoms with E-state index < -0.39 is 0 Å². The molecule has 4 nitrogen and oxygen atoms in total. The highest BCUT2D eigenvalue weighted by Gasteiger charge is 2.17. The number of hydrogen-bond donors (Lipinski definition) is 1. The monoisotopic (exact) mass is 241 g/mol. The molecule has 2 N–H and O–H groups in total. The van der Waals surface area contributed by atoms with Gasteiger partial charge in [0.2, 0.25) is 0 Å². The van der Waals surface area contributed by atoms with E-state index in [1.165, 1.54) is 0 Å². The van der Waals surface area contributed by atoms with Crippen LogP contribution in [0.2, 0.25) is 0 Å². The van der Waals surface area contributed by atoms with Crippen LogP contribution in [-0.4, -0.2) is 17.4 Å². The third-order valence-electron chi connectivity index (χ3n) is 2.73. The van der Waals surface area contributed by atoms with Crippen molar-refractivity contribution < 1.29 is 4.79 Å². The van der Waals surface area contributed by atoms with E-state index in [1.54, 1.807) is 41.6 Å². The second kappa shape index (κ2) is 5.31. The van der Waals surface area contributed by atoms with Crippen molar-refractivity contribution in [2.75, 3.05) is 17.2 Å². The zero-order valence-corrected chi connectivity index (χ0v) is 10.2. The van der Waals surface area contributed by atoms with Crippen molar-refractivity contribution in [1.82, 2.24) is 4.98 Å². The average Bonchev–Trinajstić information content (AvgIpc) is 2.41. The van der Waals surface area contributed by atoms with E-state index >= 15 is 0 Å². The van der Waals surface area contributed by atoms with E-state index in [9.17, 15) is 4.79 Å². The molecule has 0 atom stereocenters. The van der Waals surface area contributed by atoms with Crippen LogP contribution in [0.4, 0.5) is 11.4 Å². The molecule has 1 aromatic heterocycles. The van der Waals surface area contributed by atoms with E-state index in [0.29, 0.717) is 17.8 Å². The van der Waals surface area contributed by atoms with Crippen molar-refractivity contribution in [1.29, 1.82) is 0 Å². The number of pyridine rings is 1. The van der Waals surface area contributed by atoms with Gasteiger partial charge in [0.05, 0.1) is 5.56 Å². The van der Waals surface area contributed by atoms with Gasteiger partial charge in [0.15, 0.2) is 0 Å². The lowest BCUT2D eigenvalue weighted by Crippen LogP contribution is -2.31. The smallest absolute Gasteiger partial charge is 0.260 e. The van der Waals surface area contributed by atoms with Gasteiger partial charge in [-0.05, 0) is 31.2 Å². The largest absolute Gasteiger partial charge is 0.398 e. The molecule has 0 radical (unpaired) electrons. The summed E-state index contributed by atoms with van der Waals surface area (Å²) in [6.45, 7) is 2.51. The molecule has 4 heteroatoms. The van der Waals surface area contributed by atoms with Crippen molar-refractivity contribution in [2.24, 2.45) is 0 Å². The Morgan fingerprint density at radius 2 is 1.89 bits per heavy atom. The van der Waals surface area contributed by atoms with Crippen molar-refractivity contribution in [3.63, 3.8) is 0 Å². The number of nitrogen functional groups attached to an aromatic ring is 1. The fourth-order valence-corrected chi connectivity index (χ4v) is 1.80. The Morgan fingerprint density at radius 3 is 2.50 bits per heavy atom. The first-order valence-electron chi connectivity index (χ1n) is 5.80. The highest BCUT2D eigenvalue weighted by molar-refractivity contribution is 6.09. The van der Waals surface area contributed by atoms with Gasteiger partial charge < -0.3 is 10.6 Å². The lowest BCUT2D eigenvalue weighted by molar-refractivity contribution is 0.0989. The molecule has 1 amide bonds. The highest BCUT2D eigenvalue weighted by atomic mass is 16.2. The van der Waals surface area contributed by atoms with Gasteiger partial charge in [0.25, 0.3) is 5.91 Å². The summed E-state index contributed by atoms with van der Waals surface area (Å²) in [5.74, 6) is -0.0956. The summed E-state index contributed by atoms with van der Waals surface area (Å²) < 4.78 is 0. The number of carbonyl (C=O) groups is 1. The molecule has 0 aliphatic heterocycles. The Bertz CT molecular complexity index is 540. The van der Waals surface area contributed by atoms with Gasteiger partial charge in [-0.25, -0.2) is 0 Å². The molecule has 2 rings (SSSR count). The van der Waals surface area contributed by atoms with Crippen LogP contribution < -0.4 is 10.6 Å². The first-order chi connectivity index (χ1) is 8.74. The first kappa shape index (κ1) is 12.1. The third-order valence-corrected chi connectivity index (χ3v) is 2.73. The minimum atomic E-state index is -0.0956. The van der Waals surface area contributed by atoms with Crippen LogP contribution in [-0.2, 0) is 0 Å². The summed E-state index contributed by atoms with van der Waals surface area (Å²) in [7, 11) is 0. The van der Waals surface area contributed by atoms with Gasteiger partial charge in [-0.15, -0.1) is 0 Å². The Balaban J connectivity index is 2.35. The van der Waals surface area contributed by atoms with Crippen molar-refractivity contribution >= 4 is 17.3 Å². The SMILES string of the molecule is CCN(C(=O)c1ccccc1N)c1ccncc1. The molecule has 18 heavy (non-hydrogen) atoms. The van der Waals surface area contributed by atoms with E-state index in [-0.39, 0.29) is 5.91 Å². The lowest BCUT2D eigenvalue weighted by atomic mass is 10.1. The second-order valence-electron chi connectivity index (χ2n) is 3.84. The van der Waals surface area contributed by atoms with Crippen LogP contribution >= 0.6 is 0 Å². The average molecular weight is 241 g/mol. The van der Waals surface area contributed by atoms with Gasteiger partial charge in [-0.2, -0.15) is 0 Å². The number of anilines is 2. The van der Waals surface area contributed by atoms with Crippen LogP contribution in [0.25, 0.3) is 0 Å². The van der Waals surface area contributed by atoms with Crippen LogP contribution in [0.15, 0.2) is 48.8 Å². The van der Waals surface area contributed by atoms with Crippen LogP contribution in [0.1, 0.15) is 17.3 Å². The summed E-state index contributed by atoms with van der Waals surface area (Å²) >= 11 is 0. The molecular weight excluding hydrogens is 226 g/mol. The molecule has 92 valence electrons. The normalized spacial score (nSPS) is 10.1. The molecule has 1 heterocycles. The molecule has 0 saturated heterocycles. The number of benzene rings is 1. The molecule has 0 bridgehead atoms. The number of nitrogens with zero attached hydrogens (tertiary/aromatic N) is 2. The van der Waals surface area contributed by atoms with Crippen molar-refractivity contribution in [3.8, 4) is 0 Å². The van der Waals surface area contributed by atoms with E-state index in [0.717, 1.165) is 5.69 Å². The van der Waals surface area contributed by atoms with Crippen molar-refractivity contribution in [2.45, 2.75) is 6.92 Å². The van der Waals surface area contributed by atoms with Gasteiger partial charge in [0.1, 0.15) is 0 Å². The summed E-state index contributed by atoms with van der Waals surface area (Å²) in [6.07, 6.45) is 3.33. The van der Waals surface area contributed by atoms with Gasteiger partial charge >= 0.3 is 0 Å². The second-order valence-corrected chi connectivity index (χ2v) is 3.84. The Kier molecular flexibility index (Phi) is 3.57. The van der Waals surface area contributed by atoms with E-state index in [1.807, 2.05) is 19.1 Å². The Morgan fingerprint density at radius 1 is 1.22 bits per heavy atom. The molecule has 0 aliphatic rings. The maximum Gasteiger partial charge on any atom is 0.260 e. The molecule has 0 spiro atoms. The molecule has 0 fully saturated rings. The topological polar surface area (TPSA) is 59.2 Å². The molecule has 0 aliphatic carbocycles. The van der Waals surface area contributed by atoms with Gasteiger partial charge in [-0.1, -0.05) is 12.1 Å². The summed E-state index contributed by atoms with van der Waals surface area (Å²) in [5.41, 5.74) is 7.67. The van der Waals surface area contributed by atoms with Crippen LogP contribution in [0.5, 0.6) is 0 Å². The zero-order chi connectivity index (χ0) is 13.0. The number of rotatable bonds is 3. The Labute approximate surface area is 106 Å².